The first-order valence-electron chi connectivity index (χ1n) is 7.60. The van der Waals surface area contributed by atoms with Gasteiger partial charge < -0.3 is 5.11 Å². The number of fused-ring (bicyclic) bond motifs is 1. The van der Waals surface area contributed by atoms with Crippen molar-refractivity contribution in [1.29, 1.82) is 0 Å². The van der Waals surface area contributed by atoms with Crippen LogP contribution in [0, 0.1) is 5.82 Å². The van der Waals surface area contributed by atoms with Gasteiger partial charge in [-0.2, -0.15) is 0 Å². The Labute approximate surface area is 128 Å². The van der Waals surface area contributed by atoms with Crippen LogP contribution in [0.25, 0.3) is 0 Å². The third-order valence-electron chi connectivity index (χ3n) is 4.47. The number of aromatic nitrogens is 1. The van der Waals surface area contributed by atoms with Crippen molar-refractivity contribution >= 4 is 5.97 Å². The molecule has 0 saturated carbocycles. The lowest BCUT2D eigenvalue weighted by Gasteiger charge is -2.26. The van der Waals surface area contributed by atoms with E-state index in [0.717, 1.165) is 42.4 Å². The summed E-state index contributed by atoms with van der Waals surface area (Å²) in [6.45, 7) is 0. The van der Waals surface area contributed by atoms with Gasteiger partial charge in [0.2, 0.25) is 0 Å². The highest BCUT2D eigenvalue weighted by atomic mass is 19.1. The molecule has 0 radical (unpaired) electrons. The summed E-state index contributed by atoms with van der Waals surface area (Å²) in [6, 6.07) is 6.82. The molecule has 1 aromatic heterocycles. The first-order chi connectivity index (χ1) is 10.7. The Morgan fingerprint density at radius 3 is 3.05 bits per heavy atom. The minimum absolute atomic E-state index is 0.116. The molecule has 0 amide bonds. The van der Waals surface area contributed by atoms with E-state index in [1.807, 2.05) is 6.07 Å². The molecule has 22 heavy (non-hydrogen) atoms. The van der Waals surface area contributed by atoms with Crippen LogP contribution in [0.3, 0.4) is 0 Å². The number of halogens is 1. The molecule has 2 aromatic rings. The molecule has 0 bridgehead atoms. The molecular weight excluding hydrogens is 281 g/mol. The lowest BCUT2D eigenvalue weighted by molar-refractivity contribution is 0.0695. The predicted octanol–water partition coefficient (Wildman–Crippen LogP) is 3.97. The van der Waals surface area contributed by atoms with Crippen LogP contribution in [-0.2, 0) is 12.8 Å². The van der Waals surface area contributed by atoms with Gasteiger partial charge in [0.25, 0.3) is 0 Å². The van der Waals surface area contributed by atoms with E-state index in [-0.39, 0.29) is 5.82 Å². The second-order valence-corrected chi connectivity index (χ2v) is 5.77. The first kappa shape index (κ1) is 14.7. The van der Waals surface area contributed by atoms with Crippen molar-refractivity contribution < 1.29 is 14.3 Å². The number of pyridine rings is 1. The third-order valence-corrected chi connectivity index (χ3v) is 4.47. The van der Waals surface area contributed by atoms with Crippen LogP contribution in [0.1, 0.15) is 52.2 Å². The number of nitrogens with zero attached hydrogens (tertiary/aromatic N) is 1. The van der Waals surface area contributed by atoms with Gasteiger partial charge in [0.15, 0.2) is 0 Å². The number of aryl methyl sites for hydroxylation is 1. The topological polar surface area (TPSA) is 50.2 Å². The molecule has 114 valence electrons. The third kappa shape index (κ3) is 2.86. The van der Waals surface area contributed by atoms with Gasteiger partial charge in [0.05, 0.1) is 5.56 Å². The van der Waals surface area contributed by atoms with E-state index < -0.39 is 5.97 Å². The lowest BCUT2D eigenvalue weighted by atomic mass is 9.79. The lowest BCUT2D eigenvalue weighted by Crippen LogP contribution is -2.13. The number of carbonyl (C=O) groups is 1. The Balaban J connectivity index is 1.79. The average molecular weight is 299 g/mol. The molecule has 3 rings (SSSR count). The molecule has 1 aromatic carbocycles. The second kappa shape index (κ2) is 6.26. The summed E-state index contributed by atoms with van der Waals surface area (Å²) in [4.78, 5) is 15.3. The van der Waals surface area contributed by atoms with Crippen molar-refractivity contribution in [3.63, 3.8) is 0 Å². The van der Waals surface area contributed by atoms with E-state index in [1.165, 1.54) is 18.3 Å². The van der Waals surface area contributed by atoms with E-state index in [0.29, 0.717) is 17.9 Å². The van der Waals surface area contributed by atoms with Gasteiger partial charge in [0, 0.05) is 12.4 Å². The highest BCUT2D eigenvalue weighted by molar-refractivity contribution is 5.89. The van der Waals surface area contributed by atoms with Crippen LogP contribution in [0.4, 0.5) is 4.39 Å². The van der Waals surface area contributed by atoms with Crippen molar-refractivity contribution in [2.45, 2.75) is 38.0 Å². The fourth-order valence-electron chi connectivity index (χ4n) is 3.37. The van der Waals surface area contributed by atoms with Gasteiger partial charge in [-0.05, 0) is 66.8 Å². The molecule has 4 heteroatoms. The predicted molar refractivity (Wildman–Crippen MR) is 81.6 cm³/mol. The summed E-state index contributed by atoms with van der Waals surface area (Å²) in [5.74, 6) is -0.747. The van der Waals surface area contributed by atoms with E-state index in [9.17, 15) is 14.3 Å². The minimum atomic E-state index is -0.924. The normalized spacial score (nSPS) is 17.0. The molecule has 3 nitrogen and oxygen atoms in total. The first-order valence-corrected chi connectivity index (χ1v) is 7.60. The summed E-state index contributed by atoms with van der Waals surface area (Å²) < 4.78 is 13.9. The fourth-order valence-corrected chi connectivity index (χ4v) is 3.37. The number of hydrogen-bond acceptors (Lipinski definition) is 2. The minimum Gasteiger partial charge on any atom is -0.478 e. The summed E-state index contributed by atoms with van der Waals surface area (Å²) >= 11 is 0. The second-order valence-electron chi connectivity index (χ2n) is 5.77. The molecule has 0 unspecified atom stereocenters. The Bertz CT molecular complexity index is 699. The quantitative estimate of drug-likeness (QED) is 0.929. The highest BCUT2D eigenvalue weighted by Crippen LogP contribution is 2.36. The van der Waals surface area contributed by atoms with Crippen LogP contribution in [0.15, 0.2) is 36.7 Å². The number of benzene rings is 1. The smallest absolute Gasteiger partial charge is 0.336 e. The van der Waals surface area contributed by atoms with E-state index in [1.54, 1.807) is 12.3 Å². The zero-order chi connectivity index (χ0) is 15.5. The number of aromatic carboxylic acids is 1. The van der Waals surface area contributed by atoms with Crippen LogP contribution >= 0.6 is 0 Å². The Morgan fingerprint density at radius 1 is 1.36 bits per heavy atom. The van der Waals surface area contributed by atoms with Gasteiger partial charge in [-0.15, -0.1) is 0 Å². The number of rotatable bonds is 4. The van der Waals surface area contributed by atoms with Crippen molar-refractivity contribution in [1.82, 2.24) is 4.98 Å². The van der Waals surface area contributed by atoms with Gasteiger partial charge in [-0.25, -0.2) is 9.18 Å². The van der Waals surface area contributed by atoms with Gasteiger partial charge in [-0.1, -0.05) is 12.1 Å². The van der Waals surface area contributed by atoms with Crippen LogP contribution in [0.2, 0.25) is 0 Å². The Kier molecular flexibility index (Phi) is 4.18. The van der Waals surface area contributed by atoms with Gasteiger partial charge >= 0.3 is 5.97 Å². The van der Waals surface area contributed by atoms with Gasteiger partial charge in [0.1, 0.15) is 5.82 Å². The number of hydrogen-bond donors (Lipinski definition) is 1. The maximum Gasteiger partial charge on any atom is 0.336 e. The van der Waals surface area contributed by atoms with Crippen LogP contribution < -0.4 is 0 Å². The van der Waals surface area contributed by atoms with Crippen LogP contribution in [0.5, 0.6) is 0 Å². The molecule has 0 aliphatic heterocycles. The molecule has 0 fully saturated rings. The molecule has 1 heterocycles. The largest absolute Gasteiger partial charge is 0.478 e. The summed E-state index contributed by atoms with van der Waals surface area (Å²) in [7, 11) is 0. The number of carboxylic acids is 1. The summed E-state index contributed by atoms with van der Waals surface area (Å²) in [5, 5.41) is 9.22. The molecular formula is C18H18FNO2. The maximum absolute atomic E-state index is 13.9. The van der Waals surface area contributed by atoms with E-state index in [2.05, 4.69) is 4.98 Å². The molecule has 1 aliphatic rings. The van der Waals surface area contributed by atoms with Crippen molar-refractivity contribution in [2.75, 3.05) is 0 Å². The molecule has 1 atom stereocenters. The van der Waals surface area contributed by atoms with Crippen LogP contribution in [-0.4, -0.2) is 16.1 Å². The molecule has 0 saturated heterocycles. The number of carboxylic acid groups (broad SMARTS) is 1. The highest BCUT2D eigenvalue weighted by Gasteiger charge is 2.22. The van der Waals surface area contributed by atoms with Crippen molar-refractivity contribution in [3.05, 3.63) is 64.7 Å². The SMILES string of the molecule is O=C(O)c1ccncc1CC[C@@H]1CCCc2c(F)cccc21. The zero-order valence-electron chi connectivity index (χ0n) is 12.3. The summed E-state index contributed by atoms with van der Waals surface area (Å²) in [6.07, 6.45) is 7.40. The monoisotopic (exact) mass is 299 g/mol. The summed E-state index contributed by atoms with van der Waals surface area (Å²) in [5.41, 5.74) is 2.99. The zero-order valence-corrected chi connectivity index (χ0v) is 12.3. The van der Waals surface area contributed by atoms with E-state index in [4.69, 9.17) is 0 Å². The van der Waals surface area contributed by atoms with Crippen molar-refractivity contribution in [2.24, 2.45) is 0 Å². The standard InChI is InChI=1S/C18H18FNO2/c19-17-6-2-4-14-12(3-1-5-16(14)17)7-8-13-11-20-10-9-15(13)18(21)22/h2,4,6,9-12H,1,3,5,7-8H2,(H,21,22)/t12-/m0/s1. The fraction of sp³-hybridized carbons (Fsp3) is 0.333. The van der Waals surface area contributed by atoms with Gasteiger partial charge in [-0.3, -0.25) is 4.98 Å². The average Bonchev–Trinajstić information content (AvgIpc) is 2.53. The van der Waals surface area contributed by atoms with E-state index >= 15 is 0 Å². The maximum atomic E-state index is 13.9. The molecule has 0 spiro atoms. The Morgan fingerprint density at radius 2 is 2.23 bits per heavy atom. The molecule has 1 N–H and O–H groups in total. The Hall–Kier alpha value is -2.23. The molecule has 1 aliphatic carbocycles. The van der Waals surface area contributed by atoms with Crippen molar-refractivity contribution in [3.8, 4) is 0 Å².